The van der Waals surface area contributed by atoms with Crippen molar-refractivity contribution in [2.75, 3.05) is 13.2 Å². The second kappa shape index (κ2) is 34.3. The van der Waals surface area contributed by atoms with Crippen molar-refractivity contribution < 1.29 is 32.0 Å². The van der Waals surface area contributed by atoms with Crippen LogP contribution in [-0.4, -0.2) is 132 Å². The van der Waals surface area contributed by atoms with Gasteiger partial charge in [-0.2, -0.15) is 8.42 Å². The number of unbranched alkanes of at least 4 members (excludes halogenated alkanes) is 18. The van der Waals surface area contributed by atoms with Gasteiger partial charge in [0.15, 0.2) is 5.25 Å². The molecule has 0 aliphatic heterocycles. The van der Waals surface area contributed by atoms with E-state index in [9.17, 15) is 22.6 Å². The van der Waals surface area contributed by atoms with Crippen molar-refractivity contribution in [3.05, 3.63) is 0 Å². The molecule has 39 heavy (non-hydrogen) atoms. The first kappa shape index (κ1) is 47.8. The average molecular weight is 607 g/mol. The summed E-state index contributed by atoms with van der Waals surface area (Å²) in [5.41, 5.74) is 0. The summed E-state index contributed by atoms with van der Waals surface area (Å²) in [5.74, 6) is -1.91. The Bertz CT molecular complexity index is 649. The molecule has 1 atom stereocenters. The number of carbonyl (C=O) groups excluding carboxylic acids is 2. The van der Waals surface area contributed by atoms with Gasteiger partial charge in [-0.25, -0.2) is 0 Å². The minimum atomic E-state index is -4.75. The van der Waals surface area contributed by atoms with Crippen LogP contribution in [0.25, 0.3) is 0 Å². The normalized spacial score (nSPS) is 11.5. The zero-order valence-electron chi connectivity index (χ0n) is 23.1. The molecule has 220 valence electrons. The van der Waals surface area contributed by atoms with E-state index in [2.05, 4.69) is 13.8 Å². The van der Waals surface area contributed by atoms with E-state index in [4.69, 9.17) is 9.47 Å². The van der Waals surface area contributed by atoms with Gasteiger partial charge in [0.05, 0.1) is 19.6 Å². The van der Waals surface area contributed by atoms with Crippen LogP contribution in [0.5, 0.6) is 0 Å². The molecular weight excluding hydrogens is 549 g/mol. The molecule has 0 saturated heterocycles. The zero-order chi connectivity index (χ0) is 26.9. The van der Waals surface area contributed by atoms with E-state index in [1.807, 2.05) is 0 Å². The van der Waals surface area contributed by atoms with E-state index in [0.717, 1.165) is 38.5 Å². The number of ether oxygens (including phenoxy) is 2. The van der Waals surface area contributed by atoms with E-state index in [1.54, 1.807) is 0 Å². The van der Waals surface area contributed by atoms with Gasteiger partial charge in [0.25, 0.3) is 10.1 Å². The molecule has 0 rings (SSSR count). The SMILES string of the molecule is CCCCCCCCCCCCOC(=O)CC(C(=O)OCCCCCCCCCCCC)S(=O)(=O)O.[NaH].[NaH].[NaH]. The first-order chi connectivity index (χ1) is 17.3. The van der Waals surface area contributed by atoms with Crippen LogP contribution in [0.15, 0.2) is 0 Å². The molecule has 0 radical (unpaired) electrons. The fourth-order valence-electron chi connectivity index (χ4n) is 4.15. The van der Waals surface area contributed by atoms with Crippen molar-refractivity contribution in [1.82, 2.24) is 0 Å². The Kier molecular flexibility index (Phi) is 42.1. The third-order valence-corrected chi connectivity index (χ3v) is 7.56. The molecule has 0 aromatic rings. The summed E-state index contributed by atoms with van der Waals surface area (Å²) in [6.07, 6.45) is 22.1. The standard InChI is InChI=1S/C28H54O7S.3Na.3H/c1-3-5-7-9-11-13-15-17-19-21-23-34-27(29)25-26(36(31,32)33)28(30)35-24-22-20-18-16-14-12-10-8-6-4-2;;;;;;/h26H,3-25H2,1-2H3,(H,31,32,33);;;;;;. The molecule has 0 aromatic carbocycles. The van der Waals surface area contributed by atoms with Crippen LogP contribution < -0.4 is 0 Å². The summed E-state index contributed by atoms with van der Waals surface area (Å²) in [6.45, 7) is 4.67. The predicted molar refractivity (Wildman–Crippen MR) is 167 cm³/mol. The summed E-state index contributed by atoms with van der Waals surface area (Å²) in [7, 11) is -4.75. The van der Waals surface area contributed by atoms with Gasteiger partial charge in [-0.15, -0.1) is 0 Å². The summed E-state index contributed by atoms with van der Waals surface area (Å²) in [4.78, 5) is 24.2. The Morgan fingerprint density at radius 2 is 0.872 bits per heavy atom. The minimum absolute atomic E-state index is 0. The quantitative estimate of drug-likeness (QED) is 0.0590. The Labute approximate surface area is 306 Å². The van der Waals surface area contributed by atoms with Gasteiger partial charge in [-0.1, -0.05) is 129 Å². The van der Waals surface area contributed by atoms with Gasteiger partial charge in [0, 0.05) is 0 Å². The number of esters is 2. The molecule has 7 nitrogen and oxygen atoms in total. The van der Waals surface area contributed by atoms with Gasteiger partial charge in [-0.3, -0.25) is 14.1 Å². The molecule has 1 unspecified atom stereocenters. The van der Waals surface area contributed by atoms with E-state index in [-0.39, 0.29) is 102 Å². The Balaban J connectivity index is -0.00000204. The fraction of sp³-hybridized carbons (Fsp3) is 0.929. The van der Waals surface area contributed by atoms with Crippen molar-refractivity contribution >= 4 is 111 Å². The maximum atomic E-state index is 12.2. The molecule has 0 fully saturated rings. The molecular formula is C28H57Na3O7S. The Morgan fingerprint density at radius 3 is 1.21 bits per heavy atom. The monoisotopic (exact) mass is 606 g/mol. The van der Waals surface area contributed by atoms with Crippen molar-refractivity contribution in [2.45, 2.75) is 154 Å². The van der Waals surface area contributed by atoms with E-state index >= 15 is 0 Å². The molecule has 0 amide bonds. The molecule has 0 aliphatic rings. The topological polar surface area (TPSA) is 107 Å². The van der Waals surface area contributed by atoms with Gasteiger partial charge >= 0.3 is 101 Å². The van der Waals surface area contributed by atoms with Gasteiger partial charge < -0.3 is 9.47 Å². The summed E-state index contributed by atoms with van der Waals surface area (Å²) < 4.78 is 42.7. The van der Waals surface area contributed by atoms with E-state index in [0.29, 0.717) is 12.8 Å². The van der Waals surface area contributed by atoms with Crippen molar-refractivity contribution in [3.63, 3.8) is 0 Å². The predicted octanol–water partition coefficient (Wildman–Crippen LogP) is 5.62. The van der Waals surface area contributed by atoms with Gasteiger partial charge in [0.2, 0.25) is 0 Å². The molecule has 0 aromatic heterocycles. The third kappa shape index (κ3) is 32.6. The number of carbonyl (C=O) groups is 2. The first-order valence-electron chi connectivity index (χ1n) is 14.6. The first-order valence-corrected chi connectivity index (χ1v) is 16.1. The van der Waals surface area contributed by atoms with Gasteiger partial charge in [-0.05, 0) is 12.8 Å². The molecule has 0 bridgehead atoms. The second-order valence-electron chi connectivity index (χ2n) is 9.96. The average Bonchev–Trinajstić information content (AvgIpc) is 2.83. The summed E-state index contributed by atoms with van der Waals surface area (Å²) >= 11 is 0. The van der Waals surface area contributed by atoms with Crippen LogP contribution in [-0.2, 0) is 29.2 Å². The summed E-state index contributed by atoms with van der Waals surface area (Å²) in [6, 6.07) is 0. The second-order valence-corrected chi connectivity index (χ2v) is 11.6. The van der Waals surface area contributed by atoms with Crippen LogP contribution in [0.4, 0.5) is 0 Å². The van der Waals surface area contributed by atoms with Crippen molar-refractivity contribution in [1.29, 1.82) is 0 Å². The molecule has 0 heterocycles. The third-order valence-electron chi connectivity index (χ3n) is 6.48. The van der Waals surface area contributed by atoms with E-state index in [1.165, 1.54) is 77.0 Å². The molecule has 1 N–H and O–H groups in total. The fourth-order valence-corrected chi connectivity index (χ4v) is 4.81. The Morgan fingerprint density at radius 1 is 0.564 bits per heavy atom. The number of hydrogen-bond donors (Lipinski definition) is 1. The van der Waals surface area contributed by atoms with Crippen LogP contribution in [0.1, 0.15) is 149 Å². The molecule has 11 heteroatoms. The number of rotatable bonds is 26. The molecule has 0 aliphatic carbocycles. The van der Waals surface area contributed by atoms with Crippen LogP contribution in [0, 0.1) is 0 Å². The number of hydrogen-bond acceptors (Lipinski definition) is 6. The molecule has 0 saturated carbocycles. The van der Waals surface area contributed by atoms with Gasteiger partial charge in [0.1, 0.15) is 0 Å². The van der Waals surface area contributed by atoms with Crippen molar-refractivity contribution in [2.24, 2.45) is 0 Å². The van der Waals surface area contributed by atoms with Crippen molar-refractivity contribution in [3.8, 4) is 0 Å². The zero-order valence-corrected chi connectivity index (χ0v) is 24.0. The maximum absolute atomic E-state index is 12.2. The van der Waals surface area contributed by atoms with Crippen LogP contribution in [0.3, 0.4) is 0 Å². The Hall–Kier alpha value is 1.85. The van der Waals surface area contributed by atoms with E-state index < -0.39 is 33.7 Å². The van der Waals surface area contributed by atoms with Crippen LogP contribution >= 0.6 is 0 Å². The molecule has 0 spiro atoms. The van der Waals surface area contributed by atoms with Crippen LogP contribution in [0.2, 0.25) is 0 Å². The summed E-state index contributed by atoms with van der Waals surface area (Å²) in [5, 5.41) is -1.93.